The zero-order valence-electron chi connectivity index (χ0n) is 18.2. The van der Waals surface area contributed by atoms with Crippen molar-refractivity contribution in [2.75, 3.05) is 6.61 Å². The number of rotatable bonds is 5. The van der Waals surface area contributed by atoms with Crippen LogP contribution in [0.25, 0.3) is 11.1 Å². The molecule has 2 aliphatic carbocycles. The number of aliphatic carboxylic acids is 1. The summed E-state index contributed by atoms with van der Waals surface area (Å²) in [7, 11) is 0. The molecule has 2 atom stereocenters. The van der Waals surface area contributed by atoms with Crippen molar-refractivity contribution >= 4 is 23.9 Å². The van der Waals surface area contributed by atoms with Crippen molar-refractivity contribution in [2.45, 2.75) is 37.3 Å². The fourth-order valence-corrected chi connectivity index (χ4v) is 4.88. The van der Waals surface area contributed by atoms with Gasteiger partial charge in [-0.25, -0.2) is 14.6 Å². The first-order chi connectivity index (χ1) is 16.4. The average molecular weight is 461 g/mol. The van der Waals surface area contributed by atoms with E-state index in [-0.39, 0.29) is 31.4 Å². The van der Waals surface area contributed by atoms with Gasteiger partial charge in [0.2, 0.25) is 5.91 Å². The van der Waals surface area contributed by atoms with E-state index in [4.69, 9.17) is 4.74 Å². The number of nitrogens with one attached hydrogen (secondary N) is 2. The van der Waals surface area contributed by atoms with Crippen LogP contribution in [0.1, 0.15) is 36.3 Å². The Morgan fingerprint density at radius 2 is 1.68 bits per heavy atom. The van der Waals surface area contributed by atoms with Crippen LogP contribution in [-0.2, 0) is 19.1 Å². The fourth-order valence-electron chi connectivity index (χ4n) is 4.88. The largest absolute Gasteiger partial charge is 0.480 e. The third-order valence-electron chi connectivity index (χ3n) is 6.49. The quantitative estimate of drug-likeness (QED) is 0.628. The molecule has 1 heterocycles. The van der Waals surface area contributed by atoms with Crippen molar-refractivity contribution in [2.24, 2.45) is 0 Å². The second-order valence-electron chi connectivity index (χ2n) is 8.60. The van der Waals surface area contributed by atoms with Gasteiger partial charge in [-0.2, -0.15) is 0 Å². The maximum atomic E-state index is 12.7. The second-order valence-corrected chi connectivity index (χ2v) is 8.60. The third-order valence-corrected chi connectivity index (χ3v) is 6.49. The number of carboxylic acid groups (broad SMARTS) is 1. The highest BCUT2D eigenvalue weighted by molar-refractivity contribution is 6.00. The zero-order chi connectivity index (χ0) is 23.8. The first-order valence-corrected chi connectivity index (χ1v) is 11.1. The molecule has 1 aliphatic heterocycles. The molecule has 3 amide bonds. The van der Waals surface area contributed by atoms with E-state index in [1.165, 1.54) is 0 Å². The number of hydrogen-bond acceptors (Lipinski definition) is 5. The minimum Gasteiger partial charge on any atom is -0.480 e. The maximum Gasteiger partial charge on any atom is 0.407 e. The summed E-state index contributed by atoms with van der Waals surface area (Å²) in [6.45, 7) is 0.186. The lowest BCUT2D eigenvalue weighted by atomic mass is 9.98. The van der Waals surface area contributed by atoms with Crippen molar-refractivity contribution in [3.05, 3.63) is 71.3 Å². The molecule has 9 nitrogen and oxygen atoms in total. The summed E-state index contributed by atoms with van der Waals surface area (Å²) in [4.78, 5) is 48.1. The predicted octanol–water partition coefficient (Wildman–Crippen LogP) is 2.33. The van der Waals surface area contributed by atoms with Gasteiger partial charge in [0.05, 0.1) is 6.42 Å². The number of carbonyl (C=O) groups excluding carboxylic acids is 3. The van der Waals surface area contributed by atoms with Gasteiger partial charge in [-0.15, -0.1) is 0 Å². The Kier molecular flexibility index (Phi) is 5.53. The minimum atomic E-state index is -1.25. The van der Waals surface area contributed by atoms with Crippen LogP contribution >= 0.6 is 0 Å². The highest BCUT2D eigenvalue weighted by Gasteiger charge is 2.41. The van der Waals surface area contributed by atoms with E-state index in [0.717, 1.165) is 27.3 Å². The highest BCUT2D eigenvalue weighted by atomic mass is 16.5. The summed E-state index contributed by atoms with van der Waals surface area (Å²) >= 11 is 0. The molecule has 174 valence electrons. The molecule has 5 rings (SSSR count). The van der Waals surface area contributed by atoms with Crippen molar-refractivity contribution < 1.29 is 29.0 Å². The summed E-state index contributed by atoms with van der Waals surface area (Å²) in [5.41, 5.74) is 7.16. The molecule has 3 aliphatic rings. The first kappa shape index (κ1) is 21.7. The van der Waals surface area contributed by atoms with Crippen LogP contribution in [-0.4, -0.2) is 52.7 Å². The van der Waals surface area contributed by atoms with Crippen molar-refractivity contribution in [1.82, 2.24) is 15.8 Å². The number of amides is 3. The number of nitrogens with zero attached hydrogens (tertiary/aromatic N) is 1. The SMILES string of the molecule is O=C1CC(C(=O)O)N(C(=O)C2=CCC(NC(=O)OCC3c4ccccc4-c4ccccc43)C2)N1. The van der Waals surface area contributed by atoms with E-state index in [2.05, 4.69) is 22.9 Å². The average Bonchev–Trinajstić information content (AvgIpc) is 3.53. The Hall–Kier alpha value is -4.14. The number of alkyl carbamates (subject to hydrolysis) is 1. The van der Waals surface area contributed by atoms with Crippen LogP contribution in [0.15, 0.2) is 60.2 Å². The summed E-state index contributed by atoms with van der Waals surface area (Å²) in [5.74, 6) is -2.40. The number of ether oxygens (including phenoxy) is 1. The van der Waals surface area contributed by atoms with Gasteiger partial charge in [-0.05, 0) is 35.1 Å². The van der Waals surface area contributed by atoms with Gasteiger partial charge in [0, 0.05) is 17.5 Å². The molecule has 0 saturated carbocycles. The zero-order valence-corrected chi connectivity index (χ0v) is 18.2. The number of fused-ring (bicyclic) bond motifs is 3. The van der Waals surface area contributed by atoms with Crippen molar-refractivity contribution in [3.8, 4) is 11.1 Å². The molecule has 0 radical (unpaired) electrons. The maximum absolute atomic E-state index is 12.7. The van der Waals surface area contributed by atoms with Crippen LogP contribution < -0.4 is 10.7 Å². The van der Waals surface area contributed by atoms with E-state index in [1.54, 1.807) is 6.08 Å². The lowest BCUT2D eigenvalue weighted by molar-refractivity contribution is -0.148. The van der Waals surface area contributed by atoms with Gasteiger partial charge in [0.25, 0.3) is 5.91 Å². The normalized spacial score (nSPS) is 20.9. The molecule has 2 aromatic rings. The molecule has 0 spiro atoms. The van der Waals surface area contributed by atoms with Gasteiger partial charge in [-0.3, -0.25) is 15.0 Å². The van der Waals surface area contributed by atoms with Crippen LogP contribution in [0.2, 0.25) is 0 Å². The molecule has 2 unspecified atom stereocenters. The second kappa shape index (κ2) is 8.66. The molecule has 0 aromatic heterocycles. The summed E-state index contributed by atoms with van der Waals surface area (Å²) < 4.78 is 5.56. The molecular weight excluding hydrogens is 438 g/mol. The van der Waals surface area contributed by atoms with E-state index < -0.39 is 29.9 Å². The Bertz CT molecular complexity index is 1180. The van der Waals surface area contributed by atoms with Gasteiger partial charge in [0.1, 0.15) is 6.61 Å². The van der Waals surface area contributed by atoms with Gasteiger partial charge >= 0.3 is 12.1 Å². The summed E-state index contributed by atoms with van der Waals surface area (Å²) in [6, 6.07) is 14.5. The van der Waals surface area contributed by atoms with Gasteiger partial charge < -0.3 is 15.2 Å². The molecule has 9 heteroatoms. The fraction of sp³-hybridized carbons (Fsp3) is 0.280. The van der Waals surface area contributed by atoms with E-state index in [1.807, 2.05) is 36.4 Å². The van der Waals surface area contributed by atoms with Gasteiger partial charge in [0.15, 0.2) is 6.04 Å². The molecule has 34 heavy (non-hydrogen) atoms. The van der Waals surface area contributed by atoms with Crippen molar-refractivity contribution in [3.63, 3.8) is 0 Å². The smallest absolute Gasteiger partial charge is 0.407 e. The Balaban J connectivity index is 1.17. The number of carboxylic acids is 1. The predicted molar refractivity (Wildman–Crippen MR) is 120 cm³/mol. The molecule has 0 bridgehead atoms. The standard InChI is InChI=1S/C25H23N3O6/c29-22-12-21(24(31)32)28(27-22)23(30)14-9-10-15(11-14)26-25(33)34-13-20-18-7-3-1-5-16(18)17-6-2-4-8-19(17)20/h1-9,15,20-21H,10-13H2,(H,26,33)(H,27,29)(H,31,32). The number of hydrazine groups is 1. The summed E-state index contributed by atoms with van der Waals surface area (Å²) in [5, 5.41) is 12.9. The Labute approximate surface area is 195 Å². The lowest BCUT2D eigenvalue weighted by Crippen LogP contribution is -2.47. The number of carbonyl (C=O) groups is 4. The molecule has 2 aromatic carbocycles. The number of hydrogen-bond donors (Lipinski definition) is 3. The minimum absolute atomic E-state index is 0.0521. The monoisotopic (exact) mass is 461 g/mol. The molecular formula is C25H23N3O6. The van der Waals surface area contributed by atoms with E-state index >= 15 is 0 Å². The summed E-state index contributed by atoms with van der Waals surface area (Å²) in [6.07, 6.45) is 1.43. The lowest BCUT2D eigenvalue weighted by Gasteiger charge is -2.21. The van der Waals surface area contributed by atoms with Crippen LogP contribution in [0.5, 0.6) is 0 Å². The number of benzene rings is 2. The Morgan fingerprint density at radius 3 is 2.32 bits per heavy atom. The Morgan fingerprint density at radius 1 is 1.03 bits per heavy atom. The third kappa shape index (κ3) is 3.89. The van der Waals surface area contributed by atoms with Crippen LogP contribution in [0.3, 0.4) is 0 Å². The van der Waals surface area contributed by atoms with Crippen LogP contribution in [0, 0.1) is 0 Å². The first-order valence-electron chi connectivity index (χ1n) is 11.1. The highest BCUT2D eigenvalue weighted by Crippen LogP contribution is 2.44. The van der Waals surface area contributed by atoms with E-state index in [0.29, 0.717) is 12.0 Å². The topological polar surface area (TPSA) is 125 Å². The molecule has 1 fully saturated rings. The van der Waals surface area contributed by atoms with Crippen molar-refractivity contribution in [1.29, 1.82) is 0 Å². The van der Waals surface area contributed by atoms with E-state index in [9.17, 15) is 24.3 Å². The molecule has 3 N–H and O–H groups in total. The van der Waals surface area contributed by atoms with Gasteiger partial charge in [-0.1, -0.05) is 54.6 Å². The molecule has 1 saturated heterocycles. The van der Waals surface area contributed by atoms with Crippen LogP contribution in [0.4, 0.5) is 4.79 Å².